The second-order valence-electron chi connectivity index (χ2n) is 4.58. The Morgan fingerprint density at radius 3 is 2.52 bits per heavy atom. The maximum absolute atomic E-state index is 11.9. The summed E-state index contributed by atoms with van der Waals surface area (Å²) in [4.78, 5) is 11.5. The number of sulfonamides is 1. The van der Waals surface area contributed by atoms with Gasteiger partial charge in [0.15, 0.2) is 6.61 Å². The Morgan fingerprint density at radius 2 is 1.91 bits per heavy atom. The first kappa shape index (κ1) is 19.4. The van der Waals surface area contributed by atoms with Crippen LogP contribution in [0.4, 0.5) is 0 Å². The van der Waals surface area contributed by atoms with Crippen LogP contribution in [0.25, 0.3) is 0 Å². The third-order valence-electron chi connectivity index (χ3n) is 2.76. The van der Waals surface area contributed by atoms with Crippen molar-refractivity contribution in [1.29, 1.82) is 0 Å². The van der Waals surface area contributed by atoms with Gasteiger partial charge in [-0.2, -0.15) is 0 Å². The molecule has 0 unspecified atom stereocenters. The molecule has 0 aliphatic rings. The van der Waals surface area contributed by atoms with Gasteiger partial charge in [0.2, 0.25) is 10.0 Å². The number of carbonyl (C=O) groups excluding carboxylic acids is 1. The van der Waals surface area contributed by atoms with Gasteiger partial charge in [0.1, 0.15) is 5.75 Å². The first-order chi connectivity index (χ1) is 11.0. The summed E-state index contributed by atoms with van der Waals surface area (Å²) in [5.41, 5.74) is 0. The number of rotatable bonds is 11. The van der Waals surface area contributed by atoms with Crippen molar-refractivity contribution in [3.8, 4) is 5.75 Å². The minimum absolute atomic E-state index is 0.00941. The van der Waals surface area contributed by atoms with E-state index in [1.165, 1.54) is 31.4 Å². The van der Waals surface area contributed by atoms with E-state index in [0.29, 0.717) is 18.7 Å². The fourth-order valence-corrected chi connectivity index (χ4v) is 2.60. The van der Waals surface area contributed by atoms with E-state index in [1.54, 1.807) is 0 Å². The van der Waals surface area contributed by atoms with E-state index in [9.17, 15) is 13.2 Å². The summed E-state index contributed by atoms with van der Waals surface area (Å²) < 4.78 is 36.3. The van der Waals surface area contributed by atoms with E-state index in [0.717, 1.165) is 0 Å². The van der Waals surface area contributed by atoms with Crippen LogP contribution >= 0.6 is 0 Å². The molecule has 0 aliphatic heterocycles. The van der Waals surface area contributed by atoms with Crippen LogP contribution in [0.5, 0.6) is 5.75 Å². The molecule has 1 aromatic rings. The highest BCUT2D eigenvalue weighted by Gasteiger charge is 2.13. The molecule has 3 N–H and O–H groups in total. The Kier molecular flexibility index (Phi) is 8.56. The molecule has 0 aromatic heterocycles. The van der Waals surface area contributed by atoms with Crippen molar-refractivity contribution in [2.45, 2.75) is 11.3 Å². The van der Waals surface area contributed by atoms with E-state index >= 15 is 0 Å². The molecular formula is C14H22N2O6S. The molecule has 0 fully saturated rings. The van der Waals surface area contributed by atoms with Gasteiger partial charge in [-0.3, -0.25) is 4.79 Å². The lowest BCUT2D eigenvalue weighted by Crippen LogP contribution is -2.30. The standard InChI is InChI=1S/C14H22N2O6S/c1-21-10-8-16-23(19,20)13-5-3-12(4-6-13)22-11-14(18)15-7-2-9-17/h3-6,16-17H,2,7-11H2,1H3,(H,15,18). The molecule has 0 atom stereocenters. The molecule has 9 heteroatoms. The Morgan fingerprint density at radius 1 is 1.22 bits per heavy atom. The van der Waals surface area contributed by atoms with E-state index < -0.39 is 10.0 Å². The van der Waals surface area contributed by atoms with Crippen molar-refractivity contribution < 1.29 is 27.8 Å². The normalized spacial score (nSPS) is 11.2. The van der Waals surface area contributed by atoms with Crippen molar-refractivity contribution in [2.75, 3.05) is 40.0 Å². The zero-order valence-corrected chi connectivity index (χ0v) is 13.8. The van der Waals surface area contributed by atoms with Crippen LogP contribution in [-0.4, -0.2) is 59.5 Å². The minimum Gasteiger partial charge on any atom is -0.484 e. The minimum atomic E-state index is -3.58. The number of carbonyl (C=O) groups is 1. The second kappa shape index (κ2) is 10.2. The van der Waals surface area contributed by atoms with Gasteiger partial charge < -0.3 is 19.9 Å². The number of benzene rings is 1. The Labute approximate surface area is 135 Å². The van der Waals surface area contributed by atoms with E-state index in [-0.39, 0.29) is 37.2 Å². The Bertz CT molecular complexity index is 573. The molecule has 1 aromatic carbocycles. The van der Waals surface area contributed by atoms with Crippen LogP contribution in [0, 0.1) is 0 Å². The highest BCUT2D eigenvalue weighted by atomic mass is 32.2. The summed E-state index contributed by atoms with van der Waals surface area (Å²) in [7, 11) is -2.10. The number of amides is 1. The number of aliphatic hydroxyl groups excluding tert-OH is 1. The predicted molar refractivity (Wildman–Crippen MR) is 83.7 cm³/mol. The Hall–Kier alpha value is -1.68. The third kappa shape index (κ3) is 7.42. The maximum Gasteiger partial charge on any atom is 0.257 e. The van der Waals surface area contributed by atoms with Crippen LogP contribution in [0.3, 0.4) is 0 Å². The van der Waals surface area contributed by atoms with E-state index in [4.69, 9.17) is 14.6 Å². The van der Waals surface area contributed by atoms with E-state index in [2.05, 4.69) is 10.0 Å². The molecule has 1 rings (SSSR count). The number of hydrogen-bond donors (Lipinski definition) is 3. The number of methoxy groups -OCH3 is 1. The van der Waals surface area contributed by atoms with Crippen molar-refractivity contribution in [3.05, 3.63) is 24.3 Å². The average Bonchev–Trinajstić information content (AvgIpc) is 2.54. The quantitative estimate of drug-likeness (QED) is 0.465. The van der Waals surface area contributed by atoms with Gasteiger partial charge in [0.05, 0.1) is 11.5 Å². The number of aliphatic hydroxyl groups is 1. The SMILES string of the molecule is COCCNS(=O)(=O)c1ccc(OCC(=O)NCCCO)cc1. The third-order valence-corrected chi connectivity index (χ3v) is 4.24. The van der Waals surface area contributed by atoms with Crippen LogP contribution in [-0.2, 0) is 19.6 Å². The summed E-state index contributed by atoms with van der Waals surface area (Å²) in [5.74, 6) is 0.0783. The van der Waals surface area contributed by atoms with Crippen LogP contribution in [0.1, 0.15) is 6.42 Å². The maximum atomic E-state index is 11.9. The fraction of sp³-hybridized carbons (Fsp3) is 0.500. The summed E-state index contributed by atoms with van der Waals surface area (Å²) in [6, 6.07) is 5.75. The van der Waals surface area contributed by atoms with Gasteiger partial charge in [-0.05, 0) is 30.7 Å². The molecule has 0 aliphatic carbocycles. The zero-order valence-electron chi connectivity index (χ0n) is 12.9. The molecule has 0 radical (unpaired) electrons. The highest BCUT2D eigenvalue weighted by molar-refractivity contribution is 7.89. The molecule has 8 nitrogen and oxygen atoms in total. The molecule has 130 valence electrons. The predicted octanol–water partition coefficient (Wildman–Crippen LogP) is -0.511. The lowest BCUT2D eigenvalue weighted by molar-refractivity contribution is -0.123. The van der Waals surface area contributed by atoms with Gasteiger partial charge in [-0.25, -0.2) is 13.1 Å². The van der Waals surface area contributed by atoms with Gasteiger partial charge in [0.25, 0.3) is 5.91 Å². The lowest BCUT2D eigenvalue weighted by atomic mass is 10.3. The summed E-state index contributed by atoms with van der Waals surface area (Å²) in [6.45, 7) is 0.680. The van der Waals surface area contributed by atoms with Gasteiger partial charge in [-0.15, -0.1) is 0 Å². The highest BCUT2D eigenvalue weighted by Crippen LogP contribution is 2.15. The monoisotopic (exact) mass is 346 g/mol. The topological polar surface area (TPSA) is 114 Å². The molecule has 0 saturated carbocycles. The lowest BCUT2D eigenvalue weighted by Gasteiger charge is -2.09. The number of nitrogens with one attached hydrogen (secondary N) is 2. The van der Waals surface area contributed by atoms with Crippen LogP contribution < -0.4 is 14.8 Å². The number of ether oxygens (including phenoxy) is 2. The molecule has 0 bridgehead atoms. The summed E-state index contributed by atoms with van der Waals surface area (Å²) >= 11 is 0. The largest absolute Gasteiger partial charge is 0.484 e. The zero-order chi connectivity index (χ0) is 17.1. The second-order valence-corrected chi connectivity index (χ2v) is 6.34. The fourth-order valence-electron chi connectivity index (χ4n) is 1.58. The molecule has 23 heavy (non-hydrogen) atoms. The van der Waals surface area contributed by atoms with Gasteiger partial charge in [-0.1, -0.05) is 0 Å². The van der Waals surface area contributed by atoms with Crippen molar-refractivity contribution in [3.63, 3.8) is 0 Å². The first-order valence-electron chi connectivity index (χ1n) is 7.08. The molecule has 0 heterocycles. The van der Waals surface area contributed by atoms with Crippen LogP contribution in [0.2, 0.25) is 0 Å². The van der Waals surface area contributed by atoms with Crippen molar-refractivity contribution >= 4 is 15.9 Å². The smallest absolute Gasteiger partial charge is 0.257 e. The van der Waals surface area contributed by atoms with Gasteiger partial charge >= 0.3 is 0 Å². The van der Waals surface area contributed by atoms with Crippen molar-refractivity contribution in [2.24, 2.45) is 0 Å². The molecule has 0 spiro atoms. The van der Waals surface area contributed by atoms with Crippen molar-refractivity contribution in [1.82, 2.24) is 10.0 Å². The molecular weight excluding hydrogens is 324 g/mol. The molecule has 0 saturated heterocycles. The van der Waals surface area contributed by atoms with Gasteiger partial charge in [0, 0.05) is 26.8 Å². The molecule has 1 amide bonds. The number of hydrogen-bond acceptors (Lipinski definition) is 6. The van der Waals surface area contributed by atoms with E-state index in [1.807, 2.05) is 0 Å². The first-order valence-corrected chi connectivity index (χ1v) is 8.57. The average molecular weight is 346 g/mol. The van der Waals surface area contributed by atoms with Crippen LogP contribution in [0.15, 0.2) is 29.2 Å². The Balaban J connectivity index is 2.48. The summed E-state index contributed by atoms with van der Waals surface area (Å²) in [5, 5.41) is 11.2. The summed E-state index contributed by atoms with van der Waals surface area (Å²) in [6.07, 6.45) is 0.481.